The molecular weight excluding hydrogens is 268 g/mol. The van der Waals surface area contributed by atoms with Crippen LogP contribution in [0.15, 0.2) is 30.3 Å². The Bertz CT molecular complexity index is 593. The Morgan fingerprint density at radius 2 is 2.05 bits per heavy atom. The van der Waals surface area contributed by atoms with E-state index in [0.29, 0.717) is 19.6 Å². The molecular formula is C14H18N6O. The first-order valence-electron chi connectivity index (χ1n) is 7.16. The summed E-state index contributed by atoms with van der Waals surface area (Å²) < 4.78 is 1.70. The molecule has 1 fully saturated rings. The van der Waals surface area contributed by atoms with Gasteiger partial charge >= 0.3 is 0 Å². The van der Waals surface area contributed by atoms with Crippen molar-refractivity contribution in [2.24, 2.45) is 5.92 Å². The molecule has 0 radical (unpaired) electrons. The van der Waals surface area contributed by atoms with Crippen LogP contribution < -0.4 is 10.6 Å². The summed E-state index contributed by atoms with van der Waals surface area (Å²) in [6, 6.07) is 9.75. The van der Waals surface area contributed by atoms with Crippen LogP contribution in [-0.4, -0.2) is 39.2 Å². The molecule has 1 aliphatic carbocycles. The summed E-state index contributed by atoms with van der Waals surface area (Å²) in [5.41, 5.74) is 0.932. The maximum Gasteiger partial charge on any atom is 0.223 e. The molecule has 0 unspecified atom stereocenters. The van der Waals surface area contributed by atoms with Gasteiger partial charge in [0, 0.05) is 19.0 Å². The van der Waals surface area contributed by atoms with Crippen molar-refractivity contribution in [1.82, 2.24) is 30.8 Å². The standard InChI is InChI=1S/C14H18N6O/c21-14(11-6-7-11)16-9-8-15-10-13-17-18-19-20(13)12-4-2-1-3-5-12/h1-5,11,15H,6-10H2,(H,16,21). The van der Waals surface area contributed by atoms with E-state index in [-0.39, 0.29) is 11.8 Å². The van der Waals surface area contributed by atoms with E-state index in [1.807, 2.05) is 30.3 Å². The van der Waals surface area contributed by atoms with Crippen LogP contribution in [0.1, 0.15) is 18.7 Å². The Kier molecular flexibility index (Phi) is 4.20. The molecule has 1 aromatic heterocycles. The SMILES string of the molecule is O=C(NCCNCc1nnnn1-c1ccccc1)C1CC1. The van der Waals surface area contributed by atoms with E-state index in [1.54, 1.807) is 4.68 Å². The van der Waals surface area contributed by atoms with Crippen molar-refractivity contribution in [2.45, 2.75) is 19.4 Å². The number of amides is 1. The first-order chi connectivity index (χ1) is 10.3. The number of hydrogen-bond donors (Lipinski definition) is 2. The molecule has 2 aromatic rings. The fourth-order valence-corrected chi connectivity index (χ4v) is 2.05. The lowest BCUT2D eigenvalue weighted by molar-refractivity contribution is -0.122. The molecule has 1 aliphatic rings. The minimum Gasteiger partial charge on any atom is -0.355 e. The van der Waals surface area contributed by atoms with Gasteiger partial charge in [0.1, 0.15) is 0 Å². The van der Waals surface area contributed by atoms with E-state index in [4.69, 9.17) is 0 Å². The van der Waals surface area contributed by atoms with E-state index in [0.717, 1.165) is 24.4 Å². The number of benzene rings is 1. The molecule has 110 valence electrons. The van der Waals surface area contributed by atoms with Gasteiger partial charge in [-0.2, -0.15) is 4.68 Å². The molecule has 0 saturated heterocycles. The number of rotatable bonds is 7. The first kappa shape index (κ1) is 13.7. The number of carbonyl (C=O) groups is 1. The van der Waals surface area contributed by atoms with E-state index in [2.05, 4.69) is 26.2 Å². The maximum absolute atomic E-state index is 11.5. The first-order valence-corrected chi connectivity index (χ1v) is 7.16. The van der Waals surface area contributed by atoms with Gasteiger partial charge in [-0.3, -0.25) is 4.79 Å². The molecule has 1 saturated carbocycles. The minimum atomic E-state index is 0.172. The van der Waals surface area contributed by atoms with Crippen molar-refractivity contribution in [1.29, 1.82) is 0 Å². The molecule has 0 atom stereocenters. The summed E-state index contributed by atoms with van der Waals surface area (Å²) in [7, 11) is 0. The summed E-state index contributed by atoms with van der Waals surface area (Å²) >= 11 is 0. The van der Waals surface area contributed by atoms with Crippen LogP contribution in [0, 0.1) is 5.92 Å². The van der Waals surface area contributed by atoms with E-state index >= 15 is 0 Å². The van der Waals surface area contributed by atoms with Crippen LogP contribution in [0.2, 0.25) is 0 Å². The second-order valence-corrected chi connectivity index (χ2v) is 5.08. The van der Waals surface area contributed by atoms with Gasteiger partial charge < -0.3 is 10.6 Å². The van der Waals surface area contributed by atoms with Crippen molar-refractivity contribution in [3.63, 3.8) is 0 Å². The zero-order valence-corrected chi connectivity index (χ0v) is 11.7. The number of hydrogen-bond acceptors (Lipinski definition) is 5. The summed E-state index contributed by atoms with van der Waals surface area (Å²) in [6.45, 7) is 1.88. The van der Waals surface area contributed by atoms with Crippen LogP contribution in [0.5, 0.6) is 0 Å². The number of carbonyl (C=O) groups excluding carboxylic acids is 1. The lowest BCUT2D eigenvalue weighted by atomic mass is 10.3. The number of nitrogens with zero attached hydrogens (tertiary/aromatic N) is 4. The van der Waals surface area contributed by atoms with Gasteiger partial charge in [0.25, 0.3) is 0 Å². The fourth-order valence-electron chi connectivity index (χ4n) is 2.05. The van der Waals surface area contributed by atoms with Gasteiger partial charge in [-0.05, 0) is 35.4 Å². The highest BCUT2D eigenvalue weighted by atomic mass is 16.2. The highest BCUT2D eigenvalue weighted by Gasteiger charge is 2.28. The van der Waals surface area contributed by atoms with Crippen molar-refractivity contribution in [2.75, 3.05) is 13.1 Å². The topological polar surface area (TPSA) is 84.7 Å². The molecule has 0 spiro atoms. The van der Waals surface area contributed by atoms with Gasteiger partial charge in [-0.1, -0.05) is 18.2 Å². The maximum atomic E-state index is 11.5. The molecule has 1 amide bonds. The Morgan fingerprint density at radius 3 is 2.81 bits per heavy atom. The fraction of sp³-hybridized carbons (Fsp3) is 0.429. The highest BCUT2D eigenvalue weighted by molar-refractivity contribution is 5.80. The predicted octanol–water partition coefficient (Wildman–Crippen LogP) is 0.278. The largest absolute Gasteiger partial charge is 0.355 e. The molecule has 2 N–H and O–H groups in total. The van der Waals surface area contributed by atoms with E-state index < -0.39 is 0 Å². The lowest BCUT2D eigenvalue weighted by Crippen LogP contribution is -2.32. The molecule has 7 heteroatoms. The van der Waals surface area contributed by atoms with Crippen LogP contribution >= 0.6 is 0 Å². The van der Waals surface area contributed by atoms with Crippen LogP contribution in [-0.2, 0) is 11.3 Å². The van der Waals surface area contributed by atoms with Gasteiger partial charge in [0.15, 0.2) is 5.82 Å². The quantitative estimate of drug-likeness (QED) is 0.714. The summed E-state index contributed by atoms with van der Waals surface area (Å²) in [5, 5.41) is 17.9. The van der Waals surface area contributed by atoms with Gasteiger partial charge in [0.05, 0.1) is 12.2 Å². The second kappa shape index (κ2) is 6.45. The van der Waals surface area contributed by atoms with Gasteiger partial charge in [0.2, 0.25) is 5.91 Å². The Labute approximate surface area is 122 Å². The molecule has 0 bridgehead atoms. The number of nitrogens with one attached hydrogen (secondary N) is 2. The van der Waals surface area contributed by atoms with Crippen LogP contribution in [0.4, 0.5) is 0 Å². The third kappa shape index (κ3) is 3.63. The van der Waals surface area contributed by atoms with Crippen molar-refractivity contribution in [3.8, 4) is 5.69 Å². The van der Waals surface area contributed by atoms with Crippen molar-refractivity contribution >= 4 is 5.91 Å². The average Bonchev–Trinajstić information content (AvgIpc) is 3.27. The molecule has 7 nitrogen and oxygen atoms in total. The number of tetrazole rings is 1. The second-order valence-electron chi connectivity index (χ2n) is 5.08. The highest BCUT2D eigenvalue weighted by Crippen LogP contribution is 2.28. The minimum absolute atomic E-state index is 0.172. The summed E-state index contributed by atoms with van der Waals surface area (Å²) in [4.78, 5) is 11.5. The Hall–Kier alpha value is -2.28. The summed E-state index contributed by atoms with van der Waals surface area (Å²) in [5.74, 6) is 1.18. The van der Waals surface area contributed by atoms with E-state index in [9.17, 15) is 4.79 Å². The van der Waals surface area contributed by atoms with Crippen molar-refractivity contribution in [3.05, 3.63) is 36.2 Å². The third-order valence-corrected chi connectivity index (χ3v) is 3.37. The Morgan fingerprint density at radius 1 is 1.24 bits per heavy atom. The Balaban J connectivity index is 1.45. The molecule has 0 aliphatic heterocycles. The predicted molar refractivity (Wildman–Crippen MR) is 76.6 cm³/mol. The zero-order valence-electron chi connectivity index (χ0n) is 11.7. The molecule has 3 rings (SSSR count). The van der Waals surface area contributed by atoms with Gasteiger partial charge in [-0.15, -0.1) is 5.10 Å². The average molecular weight is 286 g/mol. The smallest absolute Gasteiger partial charge is 0.223 e. The molecule has 1 heterocycles. The third-order valence-electron chi connectivity index (χ3n) is 3.37. The van der Waals surface area contributed by atoms with Gasteiger partial charge in [-0.25, -0.2) is 0 Å². The molecule has 21 heavy (non-hydrogen) atoms. The lowest BCUT2D eigenvalue weighted by Gasteiger charge is -2.07. The van der Waals surface area contributed by atoms with Crippen LogP contribution in [0.25, 0.3) is 5.69 Å². The summed E-state index contributed by atoms with van der Waals surface area (Å²) in [6.07, 6.45) is 2.07. The van der Waals surface area contributed by atoms with Crippen LogP contribution in [0.3, 0.4) is 0 Å². The monoisotopic (exact) mass is 286 g/mol. The number of aromatic nitrogens is 4. The van der Waals surface area contributed by atoms with E-state index in [1.165, 1.54) is 0 Å². The number of para-hydroxylation sites is 1. The zero-order chi connectivity index (χ0) is 14.5. The molecule has 1 aromatic carbocycles. The van der Waals surface area contributed by atoms with Crippen molar-refractivity contribution < 1.29 is 4.79 Å². The normalized spacial score (nSPS) is 14.1.